The van der Waals surface area contributed by atoms with Crippen LogP contribution in [0.3, 0.4) is 0 Å². The number of benzene rings is 2. The Morgan fingerprint density at radius 1 is 0.792 bits per heavy atom. The average Bonchev–Trinajstić information content (AvgIpc) is 3.49. The smallest absolute Gasteiger partial charge is 0.422 e. The Morgan fingerprint density at radius 2 is 1.33 bits per heavy atom. The van der Waals surface area contributed by atoms with Gasteiger partial charge in [-0.15, -0.1) is 0 Å². The molecule has 0 spiro atoms. The molecule has 0 aliphatic carbocycles. The molecule has 1 aliphatic heterocycles. The highest BCUT2D eigenvalue weighted by molar-refractivity contribution is 7.88. The first-order valence-corrected chi connectivity index (χ1v) is 17.0. The minimum Gasteiger partial charge on any atom is -0.456 e. The summed E-state index contributed by atoms with van der Waals surface area (Å²) in [5.41, 5.74) is -0.485. The van der Waals surface area contributed by atoms with E-state index < -0.39 is 39.5 Å². The van der Waals surface area contributed by atoms with Crippen LogP contribution in [0.1, 0.15) is 80.6 Å². The van der Waals surface area contributed by atoms with Gasteiger partial charge in [0.15, 0.2) is 0 Å². The number of carbonyl (C=O) groups excluding carboxylic acids is 4. The highest BCUT2D eigenvalue weighted by atomic mass is 32.2. The molecule has 2 heterocycles. The van der Waals surface area contributed by atoms with Crippen LogP contribution in [0, 0.1) is 0 Å². The van der Waals surface area contributed by atoms with Crippen LogP contribution in [-0.4, -0.2) is 65.6 Å². The molecule has 2 N–H and O–H groups in total. The lowest BCUT2D eigenvalue weighted by Crippen LogP contribution is -2.57. The van der Waals surface area contributed by atoms with E-state index in [4.69, 9.17) is 14.2 Å². The van der Waals surface area contributed by atoms with Crippen molar-refractivity contribution in [1.29, 1.82) is 0 Å². The van der Waals surface area contributed by atoms with E-state index in [1.165, 1.54) is 12.3 Å². The van der Waals surface area contributed by atoms with Crippen LogP contribution in [0.2, 0.25) is 0 Å². The molecule has 2 aromatic carbocycles. The van der Waals surface area contributed by atoms with Gasteiger partial charge in [0.05, 0.1) is 0 Å². The van der Waals surface area contributed by atoms with Crippen LogP contribution < -0.4 is 10.0 Å². The van der Waals surface area contributed by atoms with Crippen molar-refractivity contribution in [2.45, 2.75) is 77.7 Å². The summed E-state index contributed by atoms with van der Waals surface area (Å²) in [7, 11) is -4.63. The SMILES string of the molecule is CC(C)(C)OC(=O)NC(C)(C)C(=O)N1CCC(c2ccn(S(=O)(=O)NC(=O)OCc3ccccc3)c2C(=O)OCc2ccccc2)CC1. The summed E-state index contributed by atoms with van der Waals surface area (Å²) < 4.78 is 45.3. The van der Waals surface area contributed by atoms with E-state index in [-0.39, 0.29) is 43.8 Å². The fourth-order valence-electron chi connectivity index (χ4n) is 5.27. The summed E-state index contributed by atoms with van der Waals surface area (Å²) in [6.07, 6.45) is 0.0435. The lowest BCUT2D eigenvalue weighted by Gasteiger charge is -2.37. The van der Waals surface area contributed by atoms with Gasteiger partial charge in [-0.05, 0) is 76.1 Å². The second-order valence-electron chi connectivity index (χ2n) is 13.0. The molecule has 13 nitrogen and oxygen atoms in total. The van der Waals surface area contributed by atoms with E-state index in [1.54, 1.807) is 94.1 Å². The van der Waals surface area contributed by atoms with Gasteiger partial charge in [0.2, 0.25) is 5.91 Å². The molecule has 0 saturated carbocycles. The molecule has 0 radical (unpaired) electrons. The topological polar surface area (TPSA) is 162 Å². The van der Waals surface area contributed by atoms with E-state index in [0.29, 0.717) is 33.5 Å². The minimum absolute atomic E-state index is 0.108. The van der Waals surface area contributed by atoms with Crippen LogP contribution in [-0.2, 0) is 42.4 Å². The van der Waals surface area contributed by atoms with Crippen molar-refractivity contribution in [3.63, 3.8) is 0 Å². The molecule has 0 unspecified atom stereocenters. The van der Waals surface area contributed by atoms with Gasteiger partial charge in [-0.3, -0.25) is 4.79 Å². The van der Waals surface area contributed by atoms with E-state index in [2.05, 4.69) is 5.32 Å². The molecule has 48 heavy (non-hydrogen) atoms. The quantitative estimate of drug-likeness (QED) is 0.224. The Kier molecular flexibility index (Phi) is 11.2. The average molecular weight is 683 g/mol. The number of hydrogen-bond acceptors (Lipinski definition) is 9. The second-order valence-corrected chi connectivity index (χ2v) is 14.5. The van der Waals surface area contributed by atoms with Crippen molar-refractivity contribution >= 4 is 34.3 Å². The minimum atomic E-state index is -4.63. The number of hydrogen-bond donors (Lipinski definition) is 2. The Balaban J connectivity index is 1.51. The summed E-state index contributed by atoms with van der Waals surface area (Å²) in [6.45, 7) is 8.66. The second kappa shape index (κ2) is 14.9. The molecular formula is C34H42N4O9S. The van der Waals surface area contributed by atoms with Crippen molar-refractivity contribution in [1.82, 2.24) is 18.9 Å². The van der Waals surface area contributed by atoms with Crippen molar-refractivity contribution in [3.8, 4) is 0 Å². The summed E-state index contributed by atoms with van der Waals surface area (Å²) in [6, 6.07) is 19.2. The molecule has 0 atom stereocenters. The largest absolute Gasteiger partial charge is 0.456 e. The molecular weight excluding hydrogens is 640 g/mol. The molecule has 1 fully saturated rings. The molecule has 1 aliphatic rings. The van der Waals surface area contributed by atoms with Crippen molar-refractivity contribution in [3.05, 3.63) is 95.3 Å². The Hall–Kier alpha value is -4.85. The van der Waals surface area contributed by atoms with E-state index in [1.807, 2.05) is 10.8 Å². The lowest BCUT2D eigenvalue weighted by atomic mass is 9.88. The molecule has 3 amide bonds. The number of alkyl carbamates (subject to hydrolysis) is 1. The summed E-state index contributed by atoms with van der Waals surface area (Å²) in [4.78, 5) is 53.4. The fraction of sp³-hybridized carbons (Fsp3) is 0.412. The van der Waals surface area contributed by atoms with Crippen molar-refractivity contribution < 1.29 is 41.8 Å². The zero-order valence-corrected chi connectivity index (χ0v) is 28.5. The molecule has 1 aromatic heterocycles. The Bertz CT molecular complexity index is 1710. The van der Waals surface area contributed by atoms with Gasteiger partial charge in [0.1, 0.15) is 30.0 Å². The first-order chi connectivity index (χ1) is 22.6. The number of rotatable bonds is 10. The maximum Gasteiger partial charge on any atom is 0.422 e. The summed E-state index contributed by atoms with van der Waals surface area (Å²) in [5, 5.41) is 2.63. The van der Waals surface area contributed by atoms with Crippen LogP contribution in [0.5, 0.6) is 0 Å². The Labute approximate surface area is 280 Å². The molecule has 1 saturated heterocycles. The molecule has 258 valence electrons. The summed E-state index contributed by atoms with van der Waals surface area (Å²) >= 11 is 0. The summed E-state index contributed by atoms with van der Waals surface area (Å²) in [5.74, 6) is -1.53. The van der Waals surface area contributed by atoms with Crippen molar-refractivity contribution in [2.75, 3.05) is 13.1 Å². The van der Waals surface area contributed by atoms with Crippen LogP contribution in [0.4, 0.5) is 9.59 Å². The lowest BCUT2D eigenvalue weighted by molar-refractivity contribution is -0.138. The van der Waals surface area contributed by atoms with Gasteiger partial charge >= 0.3 is 28.4 Å². The van der Waals surface area contributed by atoms with E-state index in [9.17, 15) is 27.6 Å². The number of nitrogens with one attached hydrogen (secondary N) is 2. The third-order valence-corrected chi connectivity index (χ3v) is 8.79. The number of aromatic nitrogens is 1. The van der Waals surface area contributed by atoms with Gasteiger partial charge in [-0.1, -0.05) is 60.7 Å². The standard InChI is InChI=1S/C34H42N4O9S/c1-33(2,3)47-31(41)35-34(4,5)30(40)37-19-16-26(17-20-37)27-18-21-38(28(27)29(39)45-22-24-12-8-6-9-13-24)48(43,44)36-32(42)46-23-25-14-10-7-11-15-25/h6-15,18,21,26H,16-17,19-20,22-23H2,1-5H3,(H,35,41)(H,36,42). The van der Waals surface area contributed by atoms with Gasteiger partial charge in [-0.2, -0.15) is 8.42 Å². The third kappa shape index (κ3) is 9.59. The van der Waals surface area contributed by atoms with Crippen molar-refractivity contribution in [2.24, 2.45) is 0 Å². The Morgan fingerprint density at radius 3 is 1.88 bits per heavy atom. The zero-order chi connectivity index (χ0) is 35.1. The number of carbonyl (C=O) groups is 4. The highest BCUT2D eigenvalue weighted by Crippen LogP contribution is 2.33. The maximum atomic E-state index is 13.5. The third-order valence-electron chi connectivity index (χ3n) is 7.54. The number of likely N-dealkylation sites (tertiary alicyclic amines) is 1. The normalized spacial score (nSPS) is 14.1. The molecule has 14 heteroatoms. The first-order valence-electron chi connectivity index (χ1n) is 15.5. The van der Waals surface area contributed by atoms with E-state index >= 15 is 0 Å². The number of esters is 1. The first kappa shape index (κ1) is 36.0. The fourth-order valence-corrected chi connectivity index (χ4v) is 6.28. The number of ether oxygens (including phenoxy) is 3. The highest BCUT2D eigenvalue weighted by Gasteiger charge is 2.38. The van der Waals surface area contributed by atoms with Crippen LogP contribution in [0.25, 0.3) is 0 Å². The zero-order valence-electron chi connectivity index (χ0n) is 27.7. The monoisotopic (exact) mass is 682 g/mol. The molecule has 4 rings (SSSR count). The van der Waals surface area contributed by atoms with Gasteiger partial charge in [0, 0.05) is 19.3 Å². The molecule has 3 aromatic rings. The van der Waals surface area contributed by atoms with Crippen LogP contribution >= 0.6 is 0 Å². The van der Waals surface area contributed by atoms with E-state index in [0.717, 1.165) is 0 Å². The molecule has 0 bridgehead atoms. The van der Waals surface area contributed by atoms with Gasteiger partial charge in [0.25, 0.3) is 0 Å². The predicted octanol–water partition coefficient (Wildman–Crippen LogP) is 4.87. The number of piperidine rings is 1. The number of amides is 3. The maximum absolute atomic E-state index is 13.5. The predicted molar refractivity (Wildman–Crippen MR) is 176 cm³/mol. The van der Waals surface area contributed by atoms with Gasteiger partial charge in [-0.25, -0.2) is 23.1 Å². The van der Waals surface area contributed by atoms with Crippen LogP contribution in [0.15, 0.2) is 72.9 Å². The number of nitrogens with zero attached hydrogens (tertiary/aromatic N) is 2. The van der Waals surface area contributed by atoms with Gasteiger partial charge < -0.3 is 24.4 Å².